The number of rotatable bonds is 26. The smallest absolute Gasteiger partial charge is 0.377 e. The highest BCUT2D eigenvalue weighted by Crippen LogP contribution is 2.35. The molecule has 0 aromatic rings. The Hall–Kier alpha value is -0.540. The maximum atomic E-state index is 11.8. The molecule has 14 nitrogen and oxygen atoms in total. The average Bonchev–Trinajstić information content (AvgIpc) is 2.80. The van der Waals surface area contributed by atoms with Crippen molar-refractivity contribution < 1.29 is 57.0 Å². The van der Waals surface area contributed by atoms with Crippen LogP contribution < -0.4 is 10.6 Å². The van der Waals surface area contributed by atoms with Crippen LogP contribution in [0.1, 0.15) is 32.1 Å². The van der Waals surface area contributed by atoms with E-state index in [1.165, 1.54) is 11.8 Å². The number of unbranched alkanes of at least 4 members (excludes halogenated alkanes) is 3. The Morgan fingerprint density at radius 3 is 1.89 bits per heavy atom. The Labute approximate surface area is 222 Å². The van der Waals surface area contributed by atoms with Crippen LogP contribution in [0.4, 0.5) is 0 Å². The lowest BCUT2D eigenvalue weighted by atomic mass is 10.2. The molecule has 0 saturated carbocycles. The van der Waals surface area contributed by atoms with Crippen LogP contribution in [0.3, 0.4) is 0 Å². The summed E-state index contributed by atoms with van der Waals surface area (Å²) in [5.41, 5.74) is 0. The molecule has 0 aromatic heterocycles. The van der Waals surface area contributed by atoms with E-state index in [0.717, 1.165) is 19.3 Å². The molecule has 37 heavy (non-hydrogen) atoms. The number of ether oxygens (including phenoxy) is 3. The van der Waals surface area contributed by atoms with Gasteiger partial charge in [0.2, 0.25) is 19.4 Å². The SMILES string of the molecule is C=P(O)(O)OCCCCCCNC(=O)CSCCC(=O)NCCOCCOCCOCCOP(=O)(O)O. The molecule has 220 valence electrons. The quantitative estimate of drug-likeness (QED) is 0.0587. The van der Waals surface area contributed by atoms with E-state index >= 15 is 0 Å². The molecule has 0 rings (SSSR count). The summed E-state index contributed by atoms with van der Waals surface area (Å²) in [6, 6.07) is 0. The third-order valence-electron chi connectivity index (χ3n) is 4.20. The van der Waals surface area contributed by atoms with Gasteiger partial charge in [-0.05, 0) is 19.1 Å². The number of hydrogen-bond donors (Lipinski definition) is 6. The van der Waals surface area contributed by atoms with Gasteiger partial charge in [-0.2, -0.15) is 11.8 Å². The highest BCUT2D eigenvalue weighted by molar-refractivity contribution is 7.99. The fourth-order valence-electron chi connectivity index (χ4n) is 2.51. The Morgan fingerprint density at radius 2 is 1.27 bits per heavy atom. The average molecular weight is 597 g/mol. The van der Waals surface area contributed by atoms with Crippen LogP contribution in [-0.4, -0.2) is 115 Å². The molecule has 0 aromatic carbocycles. The molecule has 0 bridgehead atoms. The van der Waals surface area contributed by atoms with Gasteiger partial charge >= 0.3 is 7.82 Å². The molecule has 0 heterocycles. The summed E-state index contributed by atoms with van der Waals surface area (Å²) in [7, 11) is -7.85. The van der Waals surface area contributed by atoms with Gasteiger partial charge in [-0.15, -0.1) is 0 Å². The molecule has 0 spiro atoms. The van der Waals surface area contributed by atoms with E-state index in [4.69, 9.17) is 38.3 Å². The van der Waals surface area contributed by atoms with Crippen LogP contribution in [0.15, 0.2) is 0 Å². The van der Waals surface area contributed by atoms with E-state index in [-0.39, 0.29) is 38.2 Å². The number of carbonyl (C=O) groups excluding carboxylic acids is 2. The molecular formula is C20H42N2O12P2S. The van der Waals surface area contributed by atoms with Crippen molar-refractivity contribution in [2.45, 2.75) is 32.1 Å². The van der Waals surface area contributed by atoms with E-state index < -0.39 is 15.4 Å². The maximum Gasteiger partial charge on any atom is 0.469 e. The van der Waals surface area contributed by atoms with Crippen molar-refractivity contribution in [3.8, 4) is 0 Å². The van der Waals surface area contributed by atoms with Gasteiger partial charge in [0, 0.05) is 25.3 Å². The van der Waals surface area contributed by atoms with Crippen molar-refractivity contribution in [1.29, 1.82) is 0 Å². The van der Waals surface area contributed by atoms with Gasteiger partial charge in [0.05, 0.1) is 58.6 Å². The highest BCUT2D eigenvalue weighted by Gasteiger charge is 2.12. The summed E-state index contributed by atoms with van der Waals surface area (Å²) in [6.45, 7) is 2.65. The van der Waals surface area contributed by atoms with E-state index in [2.05, 4.69) is 21.5 Å². The molecule has 0 atom stereocenters. The highest BCUT2D eigenvalue weighted by atomic mass is 32.2. The van der Waals surface area contributed by atoms with E-state index in [1.54, 1.807) is 0 Å². The molecule has 0 radical (unpaired) electrons. The number of amides is 2. The van der Waals surface area contributed by atoms with Gasteiger partial charge < -0.3 is 48.9 Å². The first-order chi connectivity index (χ1) is 17.5. The minimum atomic E-state index is -4.46. The van der Waals surface area contributed by atoms with Gasteiger partial charge in [-0.1, -0.05) is 12.8 Å². The van der Waals surface area contributed by atoms with E-state index in [1.807, 2.05) is 0 Å². The topological polar surface area (TPSA) is 202 Å². The fraction of sp³-hybridized carbons (Fsp3) is 0.850. The number of nitrogens with one attached hydrogen (secondary N) is 2. The van der Waals surface area contributed by atoms with E-state index in [9.17, 15) is 14.2 Å². The second kappa shape index (κ2) is 23.4. The lowest BCUT2D eigenvalue weighted by molar-refractivity contribution is -0.121. The Morgan fingerprint density at radius 1 is 0.703 bits per heavy atom. The molecule has 0 aliphatic heterocycles. The zero-order chi connectivity index (χ0) is 27.8. The minimum absolute atomic E-state index is 0.0493. The molecule has 6 N–H and O–H groups in total. The van der Waals surface area contributed by atoms with Gasteiger partial charge in [0.15, 0.2) is 0 Å². The van der Waals surface area contributed by atoms with Gasteiger partial charge in [-0.25, -0.2) is 4.57 Å². The van der Waals surface area contributed by atoms with E-state index in [0.29, 0.717) is 63.9 Å². The van der Waals surface area contributed by atoms with Crippen molar-refractivity contribution in [3.63, 3.8) is 0 Å². The predicted octanol–water partition coefficient (Wildman–Crippen LogP) is 0.257. The van der Waals surface area contributed by atoms with Crippen LogP contribution in [0.2, 0.25) is 0 Å². The summed E-state index contributed by atoms with van der Waals surface area (Å²) in [6.07, 6.45) is 6.70. The fourth-order valence-corrected chi connectivity index (χ4v) is 4.00. The second-order valence-electron chi connectivity index (χ2n) is 7.58. The molecule has 0 unspecified atom stereocenters. The summed E-state index contributed by atoms with van der Waals surface area (Å²) < 4.78 is 35.1. The Balaban J connectivity index is 3.35. The van der Waals surface area contributed by atoms with Crippen LogP contribution in [0, 0.1) is 0 Å². The third-order valence-corrected chi connectivity index (χ3v) is 6.27. The van der Waals surface area contributed by atoms with Crippen LogP contribution in [-0.2, 0) is 37.4 Å². The molecule has 2 amide bonds. The number of phosphoric acid groups is 1. The van der Waals surface area contributed by atoms with Gasteiger partial charge in [-0.3, -0.25) is 14.1 Å². The first kappa shape index (κ1) is 36.5. The lowest BCUT2D eigenvalue weighted by Gasteiger charge is -2.10. The normalized spacial score (nSPS) is 12.0. The zero-order valence-electron chi connectivity index (χ0n) is 21.1. The van der Waals surface area contributed by atoms with Crippen molar-refractivity contribution in [2.75, 3.05) is 77.5 Å². The number of phosphoric ester groups is 1. The number of hydrogen-bond acceptors (Lipinski definition) is 11. The standard InChI is InChI=1S/C20H42N2O12P2S/c1-35(25,26)33-9-5-3-2-4-7-21-20(24)18-37-17-6-19(23)22-8-10-30-11-12-31-13-14-32-15-16-34-36(27,28)29/h25-26H,1-18H2,(H,21,24)(H,22,23)(H2,27,28,29). The van der Waals surface area contributed by atoms with Crippen molar-refractivity contribution in [3.05, 3.63) is 0 Å². The monoisotopic (exact) mass is 596 g/mol. The first-order valence-corrected chi connectivity index (χ1v) is 16.4. The minimum Gasteiger partial charge on any atom is -0.377 e. The van der Waals surface area contributed by atoms with Crippen molar-refractivity contribution in [2.24, 2.45) is 0 Å². The first-order valence-electron chi connectivity index (χ1n) is 11.9. The Bertz CT molecular complexity index is 692. The molecule has 0 fully saturated rings. The third kappa shape index (κ3) is 31.6. The van der Waals surface area contributed by atoms with Crippen LogP contribution in [0.25, 0.3) is 0 Å². The second-order valence-corrected chi connectivity index (χ2v) is 11.5. The molecule has 17 heteroatoms. The summed E-state index contributed by atoms with van der Waals surface area (Å²) >= 11 is 1.39. The molecule has 0 aliphatic carbocycles. The predicted molar refractivity (Wildman–Crippen MR) is 141 cm³/mol. The van der Waals surface area contributed by atoms with Gasteiger partial charge in [0.1, 0.15) is 0 Å². The van der Waals surface area contributed by atoms with Crippen molar-refractivity contribution in [1.82, 2.24) is 10.6 Å². The molecule has 0 aliphatic rings. The summed E-state index contributed by atoms with van der Waals surface area (Å²) in [5.74, 6) is 0.640. The molecule has 0 saturated heterocycles. The summed E-state index contributed by atoms with van der Waals surface area (Å²) in [4.78, 5) is 58.5. The van der Waals surface area contributed by atoms with Crippen LogP contribution in [0.5, 0.6) is 0 Å². The largest absolute Gasteiger partial charge is 0.469 e. The zero-order valence-corrected chi connectivity index (χ0v) is 23.7. The van der Waals surface area contributed by atoms with Crippen molar-refractivity contribution >= 4 is 45.3 Å². The number of carbonyl (C=O) groups is 2. The van der Waals surface area contributed by atoms with Gasteiger partial charge in [0.25, 0.3) is 0 Å². The molecular weight excluding hydrogens is 554 g/mol. The van der Waals surface area contributed by atoms with Crippen LogP contribution >= 0.6 is 27.2 Å². The maximum absolute atomic E-state index is 11.8. The number of thioether (sulfide) groups is 1. The summed E-state index contributed by atoms with van der Waals surface area (Å²) in [5, 5.41) is 5.57. The lowest BCUT2D eigenvalue weighted by Crippen LogP contribution is -2.28. The Kier molecular flexibility index (Phi) is 23.0.